The van der Waals surface area contributed by atoms with E-state index in [-0.39, 0.29) is 11.4 Å². The molecule has 0 bridgehead atoms. The van der Waals surface area contributed by atoms with Gasteiger partial charge < -0.3 is 5.32 Å². The van der Waals surface area contributed by atoms with Crippen LogP contribution in [0.15, 0.2) is 24.3 Å². The SMILES string of the molecule is CCCNC(=O)N1CC2(CCCC2)c2ccccc21. The van der Waals surface area contributed by atoms with Crippen molar-refractivity contribution < 1.29 is 4.79 Å². The Kier molecular flexibility index (Phi) is 3.21. The van der Waals surface area contributed by atoms with Crippen molar-refractivity contribution in [2.24, 2.45) is 0 Å². The van der Waals surface area contributed by atoms with E-state index in [1.165, 1.54) is 31.2 Å². The maximum absolute atomic E-state index is 12.3. The molecule has 2 aliphatic rings. The van der Waals surface area contributed by atoms with Gasteiger partial charge >= 0.3 is 6.03 Å². The van der Waals surface area contributed by atoms with Crippen molar-refractivity contribution in [2.45, 2.75) is 44.4 Å². The zero-order valence-electron chi connectivity index (χ0n) is 11.6. The second-order valence-electron chi connectivity index (χ2n) is 5.82. The lowest BCUT2D eigenvalue weighted by Crippen LogP contribution is -2.42. The second-order valence-corrected chi connectivity index (χ2v) is 5.82. The average molecular weight is 258 g/mol. The zero-order valence-corrected chi connectivity index (χ0v) is 11.6. The molecule has 1 aromatic rings. The number of urea groups is 1. The van der Waals surface area contributed by atoms with Gasteiger partial charge in [-0.25, -0.2) is 4.79 Å². The molecule has 3 heteroatoms. The van der Waals surface area contributed by atoms with Crippen LogP contribution in [-0.2, 0) is 5.41 Å². The number of fused-ring (bicyclic) bond motifs is 2. The summed E-state index contributed by atoms with van der Waals surface area (Å²) in [5, 5.41) is 3.01. The molecule has 0 unspecified atom stereocenters. The summed E-state index contributed by atoms with van der Waals surface area (Å²) in [4.78, 5) is 14.3. The molecule has 1 spiro atoms. The first kappa shape index (κ1) is 12.5. The lowest BCUT2D eigenvalue weighted by molar-refractivity contribution is 0.245. The maximum Gasteiger partial charge on any atom is 0.321 e. The summed E-state index contributed by atoms with van der Waals surface area (Å²) >= 11 is 0. The van der Waals surface area contributed by atoms with Crippen molar-refractivity contribution in [3.8, 4) is 0 Å². The Bertz CT molecular complexity index is 477. The number of hydrogen-bond donors (Lipinski definition) is 1. The molecule has 0 atom stereocenters. The van der Waals surface area contributed by atoms with E-state index in [1.807, 2.05) is 11.0 Å². The van der Waals surface area contributed by atoms with Gasteiger partial charge in [-0.15, -0.1) is 0 Å². The van der Waals surface area contributed by atoms with Gasteiger partial charge in [0.05, 0.1) is 0 Å². The number of rotatable bonds is 2. The molecular weight excluding hydrogens is 236 g/mol. The summed E-state index contributed by atoms with van der Waals surface area (Å²) in [6.45, 7) is 3.70. The van der Waals surface area contributed by atoms with Crippen LogP contribution in [0.4, 0.5) is 10.5 Å². The summed E-state index contributed by atoms with van der Waals surface area (Å²) in [5.41, 5.74) is 2.75. The van der Waals surface area contributed by atoms with Gasteiger partial charge in [-0.3, -0.25) is 4.90 Å². The summed E-state index contributed by atoms with van der Waals surface area (Å²) in [6.07, 6.45) is 6.01. The highest BCUT2D eigenvalue weighted by Crippen LogP contribution is 2.50. The van der Waals surface area contributed by atoms with Crippen LogP contribution in [0.5, 0.6) is 0 Å². The van der Waals surface area contributed by atoms with Gasteiger partial charge in [-0.05, 0) is 30.9 Å². The first-order valence-corrected chi connectivity index (χ1v) is 7.42. The van der Waals surface area contributed by atoms with Gasteiger partial charge in [-0.2, -0.15) is 0 Å². The molecule has 0 aromatic heterocycles. The lowest BCUT2D eigenvalue weighted by Gasteiger charge is -2.24. The van der Waals surface area contributed by atoms with Crippen LogP contribution in [0.1, 0.15) is 44.6 Å². The fraction of sp³-hybridized carbons (Fsp3) is 0.562. The summed E-state index contributed by atoms with van der Waals surface area (Å²) in [6, 6.07) is 8.51. The van der Waals surface area contributed by atoms with Gasteiger partial charge in [0, 0.05) is 24.2 Å². The fourth-order valence-corrected chi connectivity index (χ4v) is 3.62. The third-order valence-electron chi connectivity index (χ3n) is 4.56. The van der Waals surface area contributed by atoms with E-state index < -0.39 is 0 Å². The molecule has 1 heterocycles. The van der Waals surface area contributed by atoms with Crippen LogP contribution >= 0.6 is 0 Å². The van der Waals surface area contributed by atoms with Crippen LogP contribution < -0.4 is 10.2 Å². The van der Waals surface area contributed by atoms with E-state index in [0.29, 0.717) is 0 Å². The zero-order chi connectivity index (χ0) is 13.3. The maximum atomic E-state index is 12.3. The molecule has 1 saturated carbocycles. The first-order chi connectivity index (χ1) is 9.27. The quantitative estimate of drug-likeness (QED) is 0.866. The molecule has 3 rings (SSSR count). The van der Waals surface area contributed by atoms with Gasteiger partial charge in [0.1, 0.15) is 0 Å². The molecule has 1 aliphatic heterocycles. The number of amides is 2. The number of benzene rings is 1. The topological polar surface area (TPSA) is 32.3 Å². The predicted molar refractivity (Wildman–Crippen MR) is 77.6 cm³/mol. The highest BCUT2D eigenvalue weighted by atomic mass is 16.2. The average Bonchev–Trinajstić information content (AvgIpc) is 3.04. The van der Waals surface area contributed by atoms with E-state index in [4.69, 9.17) is 0 Å². The minimum Gasteiger partial charge on any atom is -0.338 e. The Labute approximate surface area is 115 Å². The van der Waals surface area contributed by atoms with Crippen molar-refractivity contribution in [2.75, 3.05) is 18.0 Å². The van der Waals surface area contributed by atoms with Crippen molar-refractivity contribution >= 4 is 11.7 Å². The van der Waals surface area contributed by atoms with Crippen molar-refractivity contribution in [3.05, 3.63) is 29.8 Å². The molecule has 0 radical (unpaired) electrons. The van der Waals surface area contributed by atoms with E-state index in [9.17, 15) is 4.79 Å². The third-order valence-corrected chi connectivity index (χ3v) is 4.56. The van der Waals surface area contributed by atoms with Crippen LogP contribution in [0.2, 0.25) is 0 Å². The number of carbonyl (C=O) groups excluding carboxylic acids is 1. The van der Waals surface area contributed by atoms with E-state index in [1.54, 1.807) is 0 Å². The van der Waals surface area contributed by atoms with Gasteiger partial charge in [-0.1, -0.05) is 38.0 Å². The Hall–Kier alpha value is -1.51. The lowest BCUT2D eigenvalue weighted by atomic mass is 9.81. The molecule has 1 fully saturated rings. The summed E-state index contributed by atoms with van der Waals surface area (Å²) in [5.74, 6) is 0. The van der Waals surface area contributed by atoms with Gasteiger partial charge in [0.25, 0.3) is 0 Å². The van der Waals surface area contributed by atoms with Gasteiger partial charge in [0.2, 0.25) is 0 Å². The Morgan fingerprint density at radius 3 is 2.79 bits per heavy atom. The number of carbonyl (C=O) groups is 1. The smallest absolute Gasteiger partial charge is 0.321 e. The van der Waals surface area contributed by atoms with Crippen molar-refractivity contribution in [1.82, 2.24) is 5.32 Å². The monoisotopic (exact) mass is 258 g/mol. The van der Waals surface area contributed by atoms with Gasteiger partial charge in [0.15, 0.2) is 0 Å². The second kappa shape index (κ2) is 4.87. The van der Waals surface area contributed by atoms with E-state index >= 15 is 0 Å². The molecular formula is C16H22N2O. The molecule has 19 heavy (non-hydrogen) atoms. The first-order valence-electron chi connectivity index (χ1n) is 7.42. The summed E-state index contributed by atoms with van der Waals surface area (Å²) in [7, 11) is 0. The fourth-order valence-electron chi connectivity index (χ4n) is 3.62. The normalized spacial score (nSPS) is 19.7. The number of nitrogens with one attached hydrogen (secondary N) is 1. The Morgan fingerprint density at radius 2 is 2.05 bits per heavy atom. The number of nitrogens with zero attached hydrogens (tertiary/aromatic N) is 1. The molecule has 1 aromatic carbocycles. The number of anilines is 1. The summed E-state index contributed by atoms with van der Waals surface area (Å²) < 4.78 is 0. The Balaban J connectivity index is 1.90. The highest BCUT2D eigenvalue weighted by molar-refractivity contribution is 5.95. The van der Waals surface area contributed by atoms with Crippen molar-refractivity contribution in [1.29, 1.82) is 0 Å². The molecule has 1 aliphatic carbocycles. The standard InChI is InChI=1S/C16H22N2O/c1-2-11-17-15(19)18-12-16(9-5-6-10-16)13-7-3-4-8-14(13)18/h3-4,7-8H,2,5-6,9-12H2,1H3,(H,17,19). The van der Waals surface area contributed by atoms with Crippen LogP contribution in [0, 0.1) is 0 Å². The minimum atomic E-state index is 0.0677. The number of hydrogen-bond acceptors (Lipinski definition) is 1. The highest BCUT2D eigenvalue weighted by Gasteiger charge is 2.45. The van der Waals surface area contributed by atoms with Crippen molar-refractivity contribution in [3.63, 3.8) is 0 Å². The molecule has 3 nitrogen and oxygen atoms in total. The Morgan fingerprint density at radius 1 is 1.32 bits per heavy atom. The predicted octanol–water partition coefficient (Wildman–Crippen LogP) is 3.44. The third kappa shape index (κ3) is 2.01. The molecule has 1 N–H and O–H groups in total. The molecule has 2 amide bonds. The number of para-hydroxylation sites is 1. The minimum absolute atomic E-state index is 0.0677. The van der Waals surface area contributed by atoms with Crippen LogP contribution in [-0.4, -0.2) is 19.1 Å². The van der Waals surface area contributed by atoms with E-state index in [2.05, 4.69) is 30.4 Å². The van der Waals surface area contributed by atoms with Crippen LogP contribution in [0.3, 0.4) is 0 Å². The van der Waals surface area contributed by atoms with E-state index in [0.717, 1.165) is 25.2 Å². The molecule has 102 valence electrons. The largest absolute Gasteiger partial charge is 0.338 e. The van der Waals surface area contributed by atoms with Crippen LogP contribution in [0.25, 0.3) is 0 Å². The molecule has 0 saturated heterocycles.